The lowest BCUT2D eigenvalue weighted by Gasteiger charge is -2.33. The first-order valence-corrected chi connectivity index (χ1v) is 7.21. The average Bonchev–Trinajstić information content (AvgIpc) is 2.90. The van der Waals surface area contributed by atoms with Crippen LogP contribution < -0.4 is 11.1 Å². The van der Waals surface area contributed by atoms with Crippen molar-refractivity contribution >= 4 is 34.5 Å². The molecule has 0 saturated heterocycles. The van der Waals surface area contributed by atoms with Crippen LogP contribution >= 0.6 is 23.6 Å². The first-order chi connectivity index (χ1) is 9.47. The number of amides is 1. The minimum Gasteiger partial charge on any atom is -0.384 e. The molecule has 0 bridgehead atoms. The number of allylic oxidation sites excluding steroid dienone is 1. The van der Waals surface area contributed by atoms with Crippen LogP contribution in [-0.2, 0) is 4.79 Å². The molecule has 1 aliphatic rings. The summed E-state index contributed by atoms with van der Waals surface area (Å²) >= 11 is 6.76. The quantitative estimate of drug-likeness (QED) is 0.801. The van der Waals surface area contributed by atoms with Gasteiger partial charge in [0.05, 0.1) is 22.5 Å². The summed E-state index contributed by atoms with van der Waals surface area (Å²) in [5.41, 5.74) is 6.22. The molecular formula is C13H14N4OS2. The van der Waals surface area contributed by atoms with Crippen molar-refractivity contribution in [3.05, 3.63) is 33.8 Å². The van der Waals surface area contributed by atoms with Crippen molar-refractivity contribution in [2.24, 2.45) is 11.7 Å². The van der Waals surface area contributed by atoms with Crippen LogP contribution in [-0.4, -0.2) is 29.9 Å². The Hall–Kier alpha value is -1.91. The van der Waals surface area contributed by atoms with Crippen LogP contribution in [0.15, 0.2) is 28.9 Å². The zero-order valence-corrected chi connectivity index (χ0v) is 12.7. The second-order valence-electron chi connectivity index (χ2n) is 4.63. The first-order valence-electron chi connectivity index (χ1n) is 5.92. The van der Waals surface area contributed by atoms with E-state index in [1.54, 1.807) is 14.1 Å². The van der Waals surface area contributed by atoms with Crippen molar-refractivity contribution in [1.29, 1.82) is 5.26 Å². The highest BCUT2D eigenvalue weighted by molar-refractivity contribution is 7.80. The Morgan fingerprint density at radius 3 is 2.80 bits per heavy atom. The fraction of sp³-hybridized carbons (Fsp3) is 0.308. The van der Waals surface area contributed by atoms with Crippen LogP contribution in [0.25, 0.3) is 0 Å². The van der Waals surface area contributed by atoms with Gasteiger partial charge in [0.25, 0.3) is 0 Å². The van der Waals surface area contributed by atoms with Crippen molar-refractivity contribution in [2.45, 2.75) is 5.92 Å². The van der Waals surface area contributed by atoms with Gasteiger partial charge in [0, 0.05) is 19.0 Å². The van der Waals surface area contributed by atoms with Gasteiger partial charge in [-0.05, 0) is 11.4 Å². The molecule has 0 unspecified atom stereocenters. The number of nitriles is 1. The molecule has 20 heavy (non-hydrogen) atoms. The second-order valence-corrected chi connectivity index (χ2v) is 6.05. The smallest absolute Gasteiger partial charge is 0.233 e. The van der Waals surface area contributed by atoms with E-state index in [2.05, 4.69) is 11.4 Å². The van der Waals surface area contributed by atoms with E-state index in [-0.39, 0.29) is 11.7 Å². The predicted octanol–water partition coefficient (Wildman–Crippen LogP) is 1.16. The van der Waals surface area contributed by atoms with Gasteiger partial charge in [0.15, 0.2) is 0 Å². The molecule has 7 heteroatoms. The van der Waals surface area contributed by atoms with Gasteiger partial charge in [-0.1, -0.05) is 18.3 Å². The van der Waals surface area contributed by atoms with Gasteiger partial charge in [-0.25, -0.2) is 0 Å². The third-order valence-electron chi connectivity index (χ3n) is 3.15. The van der Waals surface area contributed by atoms with Crippen LogP contribution in [0.3, 0.4) is 0 Å². The minimum atomic E-state index is -0.597. The van der Waals surface area contributed by atoms with Crippen molar-refractivity contribution in [1.82, 2.24) is 10.2 Å². The Morgan fingerprint density at radius 2 is 2.30 bits per heavy atom. The third kappa shape index (κ3) is 2.40. The summed E-state index contributed by atoms with van der Waals surface area (Å²) in [5, 5.41) is 14.1. The van der Waals surface area contributed by atoms with Crippen LogP contribution in [0.1, 0.15) is 10.8 Å². The molecular weight excluding hydrogens is 292 g/mol. The van der Waals surface area contributed by atoms with Crippen molar-refractivity contribution < 1.29 is 4.79 Å². The fourth-order valence-corrected chi connectivity index (χ4v) is 3.42. The molecule has 0 aliphatic carbocycles. The van der Waals surface area contributed by atoms with Crippen molar-refractivity contribution in [3.8, 4) is 6.07 Å². The maximum Gasteiger partial charge on any atom is 0.233 e. The molecule has 0 radical (unpaired) electrons. The number of hydrogen-bond donors (Lipinski definition) is 2. The Bertz CT molecular complexity index is 613. The number of nitrogens with two attached hydrogens (primary N) is 1. The summed E-state index contributed by atoms with van der Waals surface area (Å²) in [4.78, 5) is 15.2. The first kappa shape index (κ1) is 14.5. The van der Waals surface area contributed by atoms with Gasteiger partial charge in [-0.15, -0.1) is 11.3 Å². The largest absolute Gasteiger partial charge is 0.384 e. The lowest BCUT2D eigenvalue weighted by molar-refractivity contribution is -0.131. The van der Waals surface area contributed by atoms with E-state index in [1.807, 2.05) is 17.5 Å². The molecule has 2 atom stereocenters. The van der Waals surface area contributed by atoms with Gasteiger partial charge < -0.3 is 16.0 Å². The zero-order valence-electron chi connectivity index (χ0n) is 11.1. The predicted molar refractivity (Wildman–Crippen MR) is 81.8 cm³/mol. The monoisotopic (exact) mass is 306 g/mol. The van der Waals surface area contributed by atoms with Gasteiger partial charge in [-0.2, -0.15) is 5.26 Å². The summed E-state index contributed by atoms with van der Waals surface area (Å²) in [6.45, 7) is 0. The molecule has 0 spiro atoms. The standard InChI is InChI=1S/C13H14N4OS2/c1-17(2)13(18)10-9(8-4-3-5-20-8)7(6-14)11(15)16-12(10)19/h3-5,9-10H,15H2,1-2H3,(H,16,19)/t9-,10+/m1/s1. The van der Waals surface area contributed by atoms with Gasteiger partial charge in [0.1, 0.15) is 11.7 Å². The summed E-state index contributed by atoms with van der Waals surface area (Å²) < 4.78 is 0. The highest BCUT2D eigenvalue weighted by Gasteiger charge is 2.41. The third-order valence-corrected chi connectivity index (χ3v) is 4.46. The van der Waals surface area contributed by atoms with E-state index >= 15 is 0 Å². The number of carbonyl (C=O) groups is 1. The van der Waals surface area contributed by atoms with E-state index in [0.29, 0.717) is 10.6 Å². The van der Waals surface area contributed by atoms with E-state index in [9.17, 15) is 10.1 Å². The van der Waals surface area contributed by atoms with Crippen LogP contribution in [0.5, 0.6) is 0 Å². The Kier molecular flexibility index (Phi) is 4.06. The molecule has 5 nitrogen and oxygen atoms in total. The van der Waals surface area contributed by atoms with Gasteiger partial charge >= 0.3 is 0 Å². The molecule has 0 saturated carbocycles. The molecule has 1 aliphatic heterocycles. The van der Waals surface area contributed by atoms with E-state index in [4.69, 9.17) is 18.0 Å². The topological polar surface area (TPSA) is 82.2 Å². The number of nitrogens with one attached hydrogen (secondary N) is 1. The second kappa shape index (κ2) is 5.61. The molecule has 2 rings (SSSR count). The Labute approximate surface area is 126 Å². The van der Waals surface area contributed by atoms with Crippen LogP contribution in [0.2, 0.25) is 0 Å². The van der Waals surface area contributed by atoms with Crippen LogP contribution in [0, 0.1) is 17.2 Å². The Balaban J connectivity index is 2.57. The molecule has 2 heterocycles. The molecule has 0 fully saturated rings. The summed E-state index contributed by atoms with van der Waals surface area (Å²) in [6.07, 6.45) is 0. The van der Waals surface area contributed by atoms with Crippen LogP contribution in [0.4, 0.5) is 0 Å². The van der Waals surface area contributed by atoms with E-state index in [0.717, 1.165) is 4.88 Å². The molecule has 1 aromatic rings. The number of rotatable bonds is 2. The number of carbonyl (C=O) groups excluding carboxylic acids is 1. The number of thiocarbonyl (C=S) groups is 1. The maximum atomic E-state index is 12.4. The van der Waals surface area contributed by atoms with Gasteiger partial charge in [0.2, 0.25) is 5.91 Å². The number of thiophene rings is 1. The zero-order chi connectivity index (χ0) is 14.9. The van der Waals surface area contributed by atoms with Gasteiger partial charge in [-0.3, -0.25) is 4.79 Å². The fourth-order valence-electron chi connectivity index (χ4n) is 2.20. The minimum absolute atomic E-state index is 0.138. The molecule has 1 aromatic heterocycles. The molecule has 104 valence electrons. The lowest BCUT2D eigenvalue weighted by Crippen LogP contribution is -2.48. The number of nitrogens with zero attached hydrogens (tertiary/aromatic N) is 2. The molecule has 3 N–H and O–H groups in total. The highest BCUT2D eigenvalue weighted by atomic mass is 32.1. The number of hydrogen-bond acceptors (Lipinski definition) is 5. The average molecular weight is 306 g/mol. The Morgan fingerprint density at radius 1 is 1.60 bits per heavy atom. The summed E-state index contributed by atoms with van der Waals surface area (Å²) in [6, 6.07) is 5.88. The lowest BCUT2D eigenvalue weighted by atomic mass is 9.81. The normalized spacial score (nSPS) is 22.1. The summed E-state index contributed by atoms with van der Waals surface area (Å²) in [5.74, 6) is -0.913. The van der Waals surface area contributed by atoms with E-state index in [1.165, 1.54) is 16.2 Å². The highest BCUT2D eigenvalue weighted by Crippen LogP contribution is 2.39. The SMILES string of the molecule is CN(C)C(=O)[C@@H]1C(=S)NC(N)=C(C#N)[C@@H]1c1cccs1. The maximum absolute atomic E-state index is 12.4. The van der Waals surface area contributed by atoms with Crippen molar-refractivity contribution in [3.63, 3.8) is 0 Å². The van der Waals surface area contributed by atoms with E-state index < -0.39 is 11.8 Å². The van der Waals surface area contributed by atoms with Crippen molar-refractivity contribution in [2.75, 3.05) is 14.1 Å². The molecule has 0 aromatic carbocycles. The summed E-state index contributed by atoms with van der Waals surface area (Å²) in [7, 11) is 3.34. The molecule has 1 amide bonds.